The minimum Gasteiger partial charge on any atom is -0.479 e. The molecule has 0 saturated carbocycles. The van der Waals surface area contributed by atoms with E-state index in [-0.39, 0.29) is 31.8 Å². The third kappa shape index (κ3) is 2.88. The van der Waals surface area contributed by atoms with Gasteiger partial charge in [-0.25, -0.2) is 4.79 Å². The van der Waals surface area contributed by atoms with E-state index in [1.54, 1.807) is 29.2 Å². The summed E-state index contributed by atoms with van der Waals surface area (Å²) < 4.78 is 0. The lowest BCUT2D eigenvalue weighted by molar-refractivity contribution is -0.162. The highest BCUT2D eigenvalue weighted by Crippen LogP contribution is 2.23. The Bertz CT molecular complexity index is 492. The van der Waals surface area contributed by atoms with Crippen LogP contribution in [-0.2, 0) is 4.79 Å². The van der Waals surface area contributed by atoms with Crippen molar-refractivity contribution in [1.82, 2.24) is 4.90 Å². The zero-order chi connectivity index (χ0) is 14.0. The molecule has 6 heteroatoms. The monoisotopic (exact) mass is 283 g/mol. The number of hydrogen-bond donors (Lipinski definition) is 2. The topological polar surface area (TPSA) is 77.8 Å². The van der Waals surface area contributed by atoms with Gasteiger partial charge in [-0.3, -0.25) is 4.79 Å². The largest absolute Gasteiger partial charge is 0.479 e. The summed E-state index contributed by atoms with van der Waals surface area (Å²) in [6.07, 6.45) is 0.0866. The van der Waals surface area contributed by atoms with Crippen LogP contribution in [0.2, 0.25) is 5.02 Å². The molecular formula is C13H14ClNO4. The van der Waals surface area contributed by atoms with Gasteiger partial charge in [-0.1, -0.05) is 11.6 Å². The fraction of sp³-hybridized carbons (Fsp3) is 0.385. The number of likely N-dealkylation sites (tertiary alicyclic amines) is 1. The quantitative estimate of drug-likeness (QED) is 0.860. The van der Waals surface area contributed by atoms with E-state index in [9.17, 15) is 14.7 Å². The minimum absolute atomic E-state index is 0.0433. The Labute approximate surface area is 115 Å². The van der Waals surface area contributed by atoms with E-state index < -0.39 is 11.6 Å². The summed E-state index contributed by atoms with van der Waals surface area (Å²) in [7, 11) is 0. The Morgan fingerprint density at radius 2 is 1.68 bits per heavy atom. The summed E-state index contributed by atoms with van der Waals surface area (Å²) in [4.78, 5) is 24.6. The molecule has 102 valence electrons. The molecule has 1 saturated heterocycles. The van der Waals surface area contributed by atoms with Crippen LogP contribution in [0.25, 0.3) is 0 Å². The van der Waals surface area contributed by atoms with Gasteiger partial charge in [0.1, 0.15) is 0 Å². The minimum atomic E-state index is -1.71. The fourth-order valence-electron chi connectivity index (χ4n) is 2.07. The first-order valence-corrected chi connectivity index (χ1v) is 6.31. The normalized spacial score (nSPS) is 18.1. The molecule has 0 radical (unpaired) electrons. The lowest BCUT2D eigenvalue weighted by Gasteiger charge is -2.35. The lowest BCUT2D eigenvalue weighted by Crippen LogP contribution is -2.50. The van der Waals surface area contributed by atoms with Crippen molar-refractivity contribution in [2.45, 2.75) is 18.4 Å². The van der Waals surface area contributed by atoms with Crippen molar-refractivity contribution in [1.29, 1.82) is 0 Å². The second-order valence-corrected chi connectivity index (χ2v) is 5.07. The van der Waals surface area contributed by atoms with Crippen molar-refractivity contribution in [3.63, 3.8) is 0 Å². The standard InChI is InChI=1S/C13H14ClNO4/c14-10-3-1-9(2-4-10)11(16)15-7-5-13(19,6-8-15)12(17)18/h1-4,19H,5-8H2,(H,17,18). The predicted octanol–water partition coefficient (Wildman–Crippen LogP) is 1.39. The average molecular weight is 284 g/mol. The Morgan fingerprint density at radius 3 is 2.16 bits per heavy atom. The highest BCUT2D eigenvalue weighted by molar-refractivity contribution is 6.30. The van der Waals surface area contributed by atoms with Gasteiger partial charge in [0.15, 0.2) is 5.60 Å². The van der Waals surface area contributed by atoms with Crippen LogP contribution in [-0.4, -0.2) is 45.7 Å². The number of aliphatic hydroxyl groups is 1. The number of carboxylic acid groups (broad SMARTS) is 1. The molecule has 2 N–H and O–H groups in total. The van der Waals surface area contributed by atoms with E-state index in [4.69, 9.17) is 16.7 Å². The highest BCUT2D eigenvalue weighted by atomic mass is 35.5. The van der Waals surface area contributed by atoms with Crippen LogP contribution in [0.3, 0.4) is 0 Å². The summed E-state index contributed by atoms with van der Waals surface area (Å²) in [5, 5.41) is 19.3. The molecule has 5 nitrogen and oxygen atoms in total. The van der Waals surface area contributed by atoms with Crippen LogP contribution >= 0.6 is 11.6 Å². The van der Waals surface area contributed by atoms with E-state index in [0.717, 1.165) is 0 Å². The first kappa shape index (κ1) is 13.8. The number of benzene rings is 1. The molecule has 1 aromatic carbocycles. The summed E-state index contributed by atoms with van der Waals surface area (Å²) in [6, 6.07) is 6.52. The van der Waals surface area contributed by atoms with Crippen molar-refractivity contribution in [3.05, 3.63) is 34.9 Å². The lowest BCUT2D eigenvalue weighted by atomic mass is 9.91. The molecule has 0 aromatic heterocycles. The van der Waals surface area contributed by atoms with Gasteiger partial charge in [0.25, 0.3) is 5.91 Å². The molecule has 1 amide bonds. The zero-order valence-electron chi connectivity index (χ0n) is 10.2. The molecule has 0 atom stereocenters. The number of nitrogens with zero attached hydrogens (tertiary/aromatic N) is 1. The molecule has 0 spiro atoms. The van der Waals surface area contributed by atoms with Gasteiger partial charge < -0.3 is 15.1 Å². The third-order valence-corrected chi connectivity index (χ3v) is 3.62. The molecule has 0 unspecified atom stereocenters. The van der Waals surface area contributed by atoms with E-state index in [0.29, 0.717) is 10.6 Å². The van der Waals surface area contributed by atoms with Crippen molar-refractivity contribution >= 4 is 23.5 Å². The number of carbonyl (C=O) groups excluding carboxylic acids is 1. The van der Waals surface area contributed by atoms with Crippen molar-refractivity contribution < 1.29 is 19.8 Å². The highest BCUT2D eigenvalue weighted by Gasteiger charge is 2.40. The molecule has 1 aromatic rings. The number of rotatable bonds is 2. The fourth-order valence-corrected chi connectivity index (χ4v) is 2.19. The molecular weight excluding hydrogens is 270 g/mol. The van der Waals surface area contributed by atoms with Crippen LogP contribution in [0.1, 0.15) is 23.2 Å². The summed E-state index contributed by atoms with van der Waals surface area (Å²) in [6.45, 7) is 0.453. The van der Waals surface area contributed by atoms with E-state index in [1.165, 1.54) is 0 Å². The molecule has 0 bridgehead atoms. The number of amides is 1. The second kappa shape index (κ2) is 5.19. The van der Waals surface area contributed by atoms with Gasteiger partial charge in [0.05, 0.1) is 0 Å². The Balaban J connectivity index is 2.04. The maximum atomic E-state index is 12.1. The summed E-state index contributed by atoms with van der Waals surface area (Å²) >= 11 is 5.75. The Morgan fingerprint density at radius 1 is 1.16 bits per heavy atom. The molecule has 0 aliphatic carbocycles. The van der Waals surface area contributed by atoms with Gasteiger partial charge in [-0.05, 0) is 24.3 Å². The summed E-state index contributed by atoms with van der Waals surface area (Å²) in [5.74, 6) is -1.41. The van der Waals surface area contributed by atoms with E-state index >= 15 is 0 Å². The maximum absolute atomic E-state index is 12.1. The Hall–Kier alpha value is -1.59. The number of piperidine rings is 1. The SMILES string of the molecule is O=C(c1ccc(Cl)cc1)N1CCC(O)(C(=O)O)CC1. The second-order valence-electron chi connectivity index (χ2n) is 4.64. The van der Waals surface area contributed by atoms with Crippen LogP contribution in [0.5, 0.6) is 0 Å². The van der Waals surface area contributed by atoms with E-state index in [1.807, 2.05) is 0 Å². The number of aliphatic carboxylic acids is 1. The third-order valence-electron chi connectivity index (χ3n) is 3.37. The number of carboxylic acids is 1. The first-order chi connectivity index (χ1) is 8.92. The van der Waals surface area contributed by atoms with Gasteiger partial charge in [0.2, 0.25) is 0 Å². The molecule has 2 rings (SSSR count). The van der Waals surface area contributed by atoms with Crippen molar-refractivity contribution in [2.75, 3.05) is 13.1 Å². The smallest absolute Gasteiger partial charge is 0.335 e. The van der Waals surface area contributed by atoms with Crippen LogP contribution in [0, 0.1) is 0 Å². The van der Waals surface area contributed by atoms with Gasteiger partial charge in [-0.2, -0.15) is 0 Å². The van der Waals surface area contributed by atoms with Crippen LogP contribution < -0.4 is 0 Å². The summed E-state index contributed by atoms with van der Waals surface area (Å²) in [5.41, 5.74) is -1.21. The molecule has 1 fully saturated rings. The van der Waals surface area contributed by atoms with Crippen LogP contribution in [0.15, 0.2) is 24.3 Å². The van der Waals surface area contributed by atoms with Gasteiger partial charge in [0, 0.05) is 36.5 Å². The van der Waals surface area contributed by atoms with Crippen molar-refractivity contribution in [3.8, 4) is 0 Å². The number of carbonyl (C=O) groups is 2. The van der Waals surface area contributed by atoms with Crippen LogP contribution in [0.4, 0.5) is 0 Å². The average Bonchev–Trinajstić information content (AvgIpc) is 2.39. The Kier molecular flexibility index (Phi) is 3.78. The van der Waals surface area contributed by atoms with Gasteiger partial charge >= 0.3 is 5.97 Å². The molecule has 1 aliphatic rings. The first-order valence-electron chi connectivity index (χ1n) is 5.93. The zero-order valence-corrected chi connectivity index (χ0v) is 10.9. The molecule has 19 heavy (non-hydrogen) atoms. The maximum Gasteiger partial charge on any atom is 0.335 e. The van der Waals surface area contributed by atoms with Crippen molar-refractivity contribution in [2.24, 2.45) is 0 Å². The van der Waals surface area contributed by atoms with E-state index in [2.05, 4.69) is 0 Å². The van der Waals surface area contributed by atoms with Gasteiger partial charge in [-0.15, -0.1) is 0 Å². The number of hydrogen-bond acceptors (Lipinski definition) is 3. The molecule has 1 aliphatic heterocycles. The molecule has 1 heterocycles. The predicted molar refractivity (Wildman–Crippen MR) is 69.2 cm³/mol. The number of halogens is 1.